The van der Waals surface area contributed by atoms with Crippen LogP contribution in [0.3, 0.4) is 0 Å². The van der Waals surface area contributed by atoms with Crippen LogP contribution in [0, 0.1) is 6.92 Å². The molecule has 0 amide bonds. The van der Waals surface area contributed by atoms with Crippen molar-refractivity contribution in [1.82, 2.24) is 20.2 Å². The highest BCUT2D eigenvalue weighted by Gasteiger charge is 2.22. The second kappa shape index (κ2) is 8.07. The molecule has 0 N–H and O–H groups in total. The van der Waals surface area contributed by atoms with Gasteiger partial charge in [0.2, 0.25) is 0 Å². The number of carbonyl (C=O) groups is 1. The van der Waals surface area contributed by atoms with Crippen molar-refractivity contribution in [3.05, 3.63) is 59.0 Å². The molecule has 1 aliphatic carbocycles. The zero-order chi connectivity index (χ0) is 20.5. The van der Waals surface area contributed by atoms with Crippen LogP contribution in [0.4, 0.5) is 0 Å². The number of pyridine rings is 1. The summed E-state index contributed by atoms with van der Waals surface area (Å²) in [5, 5.41) is 12.2. The van der Waals surface area contributed by atoms with Crippen molar-refractivity contribution >= 4 is 27.9 Å². The summed E-state index contributed by atoms with van der Waals surface area (Å²) in [7, 11) is 0. The molecule has 0 unspecified atom stereocenters. The van der Waals surface area contributed by atoms with Crippen molar-refractivity contribution in [1.29, 1.82) is 0 Å². The smallest absolute Gasteiger partial charge is 0.197 e. The van der Waals surface area contributed by atoms with Crippen molar-refractivity contribution in [3.8, 4) is 10.6 Å². The molecule has 0 spiro atoms. The van der Waals surface area contributed by atoms with Crippen molar-refractivity contribution < 1.29 is 9.21 Å². The number of carbonyl (C=O) groups excluding carboxylic acids is 1. The predicted molar refractivity (Wildman–Crippen MR) is 116 cm³/mol. The van der Waals surface area contributed by atoms with Gasteiger partial charge in [0.05, 0.1) is 6.42 Å². The first-order valence-electron chi connectivity index (χ1n) is 10.3. The fourth-order valence-corrected chi connectivity index (χ4v) is 4.73. The first kappa shape index (κ1) is 19.1. The van der Waals surface area contributed by atoms with Gasteiger partial charge >= 0.3 is 0 Å². The van der Waals surface area contributed by atoms with Gasteiger partial charge in [-0.05, 0) is 37.3 Å². The number of rotatable bonds is 5. The summed E-state index contributed by atoms with van der Waals surface area (Å²) >= 11 is 1.56. The summed E-state index contributed by atoms with van der Waals surface area (Å²) in [4.78, 5) is 21.7. The van der Waals surface area contributed by atoms with Crippen molar-refractivity contribution in [3.63, 3.8) is 0 Å². The zero-order valence-electron chi connectivity index (χ0n) is 16.8. The topological polar surface area (TPSA) is 81.8 Å². The van der Waals surface area contributed by atoms with Gasteiger partial charge in [-0.2, -0.15) is 0 Å². The van der Waals surface area contributed by atoms with Gasteiger partial charge in [-0.1, -0.05) is 42.7 Å². The average molecular weight is 419 g/mol. The van der Waals surface area contributed by atoms with Crippen molar-refractivity contribution in [2.24, 2.45) is 0 Å². The number of Topliss-reactive ketones (excluding diaryl/α,β-unsaturated/α-hetero) is 1. The summed E-state index contributed by atoms with van der Waals surface area (Å²) in [6.45, 7) is 1.94. The van der Waals surface area contributed by atoms with E-state index < -0.39 is 0 Å². The fraction of sp³-hybridized carbons (Fsp3) is 0.348. The molecule has 5 rings (SSSR count). The van der Waals surface area contributed by atoms with Gasteiger partial charge in [-0.3, -0.25) is 9.78 Å². The van der Waals surface area contributed by atoms with Crippen molar-refractivity contribution in [2.75, 3.05) is 0 Å². The monoisotopic (exact) mass is 418 g/mol. The van der Waals surface area contributed by atoms with E-state index in [0.29, 0.717) is 17.5 Å². The highest BCUT2D eigenvalue weighted by atomic mass is 32.1. The Bertz CT molecular complexity index is 1210. The molecule has 6 nitrogen and oxygen atoms in total. The number of oxazole rings is 1. The van der Waals surface area contributed by atoms with E-state index in [9.17, 15) is 4.79 Å². The summed E-state index contributed by atoms with van der Waals surface area (Å²) in [5.74, 6) is 0.992. The molecule has 4 aromatic rings. The molecule has 7 heteroatoms. The van der Waals surface area contributed by atoms with E-state index in [0.717, 1.165) is 44.9 Å². The van der Waals surface area contributed by atoms with E-state index in [1.54, 1.807) is 11.3 Å². The lowest BCUT2D eigenvalue weighted by atomic mass is 9.89. The molecule has 1 fully saturated rings. The second-order valence-electron chi connectivity index (χ2n) is 7.87. The Balaban J connectivity index is 1.35. The Labute approximate surface area is 178 Å². The third kappa shape index (κ3) is 3.89. The Morgan fingerprint density at radius 2 is 2.00 bits per heavy atom. The van der Waals surface area contributed by atoms with Crippen LogP contribution >= 0.6 is 11.3 Å². The number of fused-ring (bicyclic) bond motifs is 1. The standard InChI is InChI=1S/C23H22N4O2S/c1-14-26-27-23(30-14)16-7-8-17-12-24-19(10-18(17)9-16)11-21(28)20-13-29-22(25-20)15-5-3-2-4-6-15/h7-10,12-13,15H,2-6,11H2,1H3. The number of aromatic nitrogens is 4. The van der Waals surface area contributed by atoms with E-state index in [1.165, 1.54) is 25.5 Å². The van der Waals surface area contributed by atoms with E-state index in [4.69, 9.17) is 4.42 Å². The van der Waals surface area contributed by atoms with Gasteiger partial charge in [-0.25, -0.2) is 4.98 Å². The zero-order valence-corrected chi connectivity index (χ0v) is 17.6. The van der Waals surface area contributed by atoms with Crippen LogP contribution < -0.4 is 0 Å². The van der Waals surface area contributed by atoms with Gasteiger partial charge in [0.25, 0.3) is 0 Å². The van der Waals surface area contributed by atoms with E-state index >= 15 is 0 Å². The number of hydrogen-bond acceptors (Lipinski definition) is 7. The number of benzene rings is 1. The highest BCUT2D eigenvalue weighted by Crippen LogP contribution is 2.32. The normalized spacial score (nSPS) is 15.0. The molecule has 1 saturated carbocycles. The Kier molecular flexibility index (Phi) is 5.12. The average Bonchev–Trinajstić information content (AvgIpc) is 3.43. The van der Waals surface area contributed by atoms with E-state index in [2.05, 4.69) is 26.2 Å². The van der Waals surface area contributed by atoms with E-state index in [1.807, 2.05) is 31.3 Å². The lowest BCUT2D eigenvalue weighted by molar-refractivity contribution is 0.0987. The van der Waals surface area contributed by atoms with Gasteiger partial charge in [0.15, 0.2) is 11.7 Å². The summed E-state index contributed by atoms with van der Waals surface area (Å²) in [5.41, 5.74) is 2.14. The molecule has 3 aromatic heterocycles. The van der Waals surface area contributed by atoms with Gasteiger partial charge in [-0.15, -0.1) is 10.2 Å². The van der Waals surface area contributed by atoms with Gasteiger partial charge in [0, 0.05) is 28.8 Å². The minimum atomic E-state index is -0.0661. The molecule has 30 heavy (non-hydrogen) atoms. The maximum absolute atomic E-state index is 12.8. The lowest BCUT2D eigenvalue weighted by Crippen LogP contribution is -2.08. The molecule has 0 bridgehead atoms. The maximum atomic E-state index is 12.8. The summed E-state index contributed by atoms with van der Waals surface area (Å²) in [6, 6.07) is 8.08. The number of hydrogen-bond donors (Lipinski definition) is 0. The molecule has 0 radical (unpaired) electrons. The first-order chi connectivity index (χ1) is 14.7. The quantitative estimate of drug-likeness (QED) is 0.397. The molecule has 1 aliphatic rings. The largest absolute Gasteiger partial charge is 0.448 e. The van der Waals surface area contributed by atoms with Crippen LogP contribution in [-0.4, -0.2) is 25.9 Å². The molecule has 152 valence electrons. The first-order valence-corrected chi connectivity index (χ1v) is 11.1. The fourth-order valence-electron chi connectivity index (χ4n) is 4.04. The van der Waals surface area contributed by atoms with Crippen LogP contribution in [0.1, 0.15) is 65.1 Å². The molecule has 0 aliphatic heterocycles. The number of nitrogens with zero attached hydrogens (tertiary/aromatic N) is 4. The number of aryl methyl sites for hydroxylation is 1. The third-order valence-electron chi connectivity index (χ3n) is 5.66. The molecule has 0 atom stereocenters. The SMILES string of the molecule is Cc1nnc(-c2ccc3cnc(CC(=O)c4coc(C5CCCCC5)n4)cc3c2)s1. The molecular formula is C23H22N4O2S. The van der Waals surface area contributed by atoms with Crippen LogP contribution in [0.5, 0.6) is 0 Å². The van der Waals surface area contributed by atoms with Crippen LogP contribution in [-0.2, 0) is 6.42 Å². The van der Waals surface area contributed by atoms with Crippen molar-refractivity contribution in [2.45, 2.75) is 51.4 Å². The maximum Gasteiger partial charge on any atom is 0.197 e. The summed E-state index contributed by atoms with van der Waals surface area (Å²) in [6.07, 6.45) is 9.39. The predicted octanol–water partition coefficient (Wildman–Crippen LogP) is 5.52. The van der Waals surface area contributed by atoms with Gasteiger partial charge in [0.1, 0.15) is 22.0 Å². The van der Waals surface area contributed by atoms with Crippen LogP contribution in [0.2, 0.25) is 0 Å². The second-order valence-corrected chi connectivity index (χ2v) is 9.05. The molecule has 3 heterocycles. The minimum Gasteiger partial charge on any atom is -0.448 e. The van der Waals surface area contributed by atoms with Crippen LogP contribution in [0.15, 0.2) is 41.1 Å². The van der Waals surface area contributed by atoms with Crippen LogP contribution in [0.25, 0.3) is 21.3 Å². The Hall–Kier alpha value is -2.93. The minimum absolute atomic E-state index is 0.0661. The third-order valence-corrected chi connectivity index (χ3v) is 6.54. The Morgan fingerprint density at radius 3 is 2.80 bits per heavy atom. The molecular weight excluding hydrogens is 396 g/mol. The highest BCUT2D eigenvalue weighted by molar-refractivity contribution is 7.14. The summed E-state index contributed by atoms with van der Waals surface area (Å²) < 4.78 is 5.64. The molecule has 1 aromatic carbocycles. The lowest BCUT2D eigenvalue weighted by Gasteiger charge is -2.17. The van der Waals surface area contributed by atoms with Gasteiger partial charge < -0.3 is 4.42 Å². The Morgan fingerprint density at radius 1 is 1.13 bits per heavy atom. The van der Waals surface area contributed by atoms with E-state index in [-0.39, 0.29) is 12.2 Å². The molecule has 0 saturated heterocycles. The number of ketones is 1.